The van der Waals surface area contributed by atoms with Gasteiger partial charge in [0, 0.05) is 18.0 Å². The molecule has 3 rings (SSSR count). The van der Waals surface area contributed by atoms with Crippen LogP contribution >= 0.6 is 0 Å². The number of anilines is 1. The number of halogens is 1. The summed E-state index contributed by atoms with van der Waals surface area (Å²) >= 11 is 0. The molecule has 2 N–H and O–H groups in total. The van der Waals surface area contributed by atoms with Crippen LogP contribution in [0.3, 0.4) is 0 Å². The first-order valence-corrected chi connectivity index (χ1v) is 5.94. The van der Waals surface area contributed by atoms with Crippen molar-refractivity contribution in [2.24, 2.45) is 0 Å². The number of aromatic nitrogens is 3. The lowest BCUT2D eigenvalue weighted by atomic mass is 10.1. The smallest absolute Gasteiger partial charge is 0.259 e. The van der Waals surface area contributed by atoms with Gasteiger partial charge in [-0.1, -0.05) is 5.16 Å². The molecule has 2 aromatic heterocycles. The second-order valence-electron chi connectivity index (χ2n) is 4.45. The fraction of sp³-hybridized carbons (Fsp3) is 0.0714. The molecule has 20 heavy (non-hydrogen) atoms. The first kappa shape index (κ1) is 12.3. The van der Waals surface area contributed by atoms with E-state index in [1.165, 1.54) is 18.3 Å². The minimum atomic E-state index is -0.336. The van der Waals surface area contributed by atoms with Gasteiger partial charge in [0.15, 0.2) is 0 Å². The van der Waals surface area contributed by atoms with Crippen molar-refractivity contribution in [3.05, 3.63) is 48.0 Å². The number of benzene rings is 1. The Morgan fingerprint density at radius 3 is 2.70 bits per heavy atom. The topological polar surface area (TPSA) is 77.8 Å². The molecule has 0 aliphatic heterocycles. The van der Waals surface area contributed by atoms with Crippen LogP contribution in [0.2, 0.25) is 0 Å². The zero-order valence-electron chi connectivity index (χ0n) is 10.7. The molecule has 0 saturated heterocycles. The number of rotatable bonds is 2. The van der Waals surface area contributed by atoms with E-state index in [4.69, 9.17) is 10.3 Å². The van der Waals surface area contributed by atoms with E-state index in [1.807, 2.05) is 0 Å². The molecule has 3 aromatic rings. The third-order valence-electron chi connectivity index (χ3n) is 2.73. The van der Waals surface area contributed by atoms with Crippen molar-refractivity contribution in [3.63, 3.8) is 0 Å². The van der Waals surface area contributed by atoms with E-state index in [2.05, 4.69) is 15.1 Å². The Morgan fingerprint density at radius 2 is 1.95 bits per heavy atom. The summed E-state index contributed by atoms with van der Waals surface area (Å²) in [6.07, 6.45) is 3.10. The summed E-state index contributed by atoms with van der Waals surface area (Å²) in [7, 11) is 0. The van der Waals surface area contributed by atoms with E-state index in [0.29, 0.717) is 28.5 Å². The second kappa shape index (κ2) is 4.73. The number of hydrogen-bond acceptors (Lipinski definition) is 5. The third-order valence-corrected chi connectivity index (χ3v) is 2.73. The molecule has 0 saturated carbocycles. The number of pyridine rings is 1. The fourth-order valence-corrected chi connectivity index (χ4v) is 1.90. The normalized spacial score (nSPS) is 10.7. The van der Waals surface area contributed by atoms with Gasteiger partial charge in [0.25, 0.3) is 5.89 Å². The quantitative estimate of drug-likeness (QED) is 0.774. The minimum absolute atomic E-state index is 0.293. The van der Waals surface area contributed by atoms with Crippen LogP contribution in [0.25, 0.3) is 22.8 Å². The zero-order chi connectivity index (χ0) is 14.1. The molecular weight excluding hydrogens is 259 g/mol. The molecule has 100 valence electrons. The van der Waals surface area contributed by atoms with E-state index < -0.39 is 0 Å². The molecule has 0 fully saturated rings. The van der Waals surface area contributed by atoms with Crippen LogP contribution in [0.5, 0.6) is 0 Å². The van der Waals surface area contributed by atoms with Gasteiger partial charge in [0.1, 0.15) is 5.82 Å². The molecule has 0 atom stereocenters. The summed E-state index contributed by atoms with van der Waals surface area (Å²) in [5.41, 5.74) is 8.13. The van der Waals surface area contributed by atoms with Crippen molar-refractivity contribution in [1.82, 2.24) is 15.1 Å². The molecule has 2 heterocycles. The molecule has 0 radical (unpaired) electrons. The van der Waals surface area contributed by atoms with Crippen LogP contribution in [-0.2, 0) is 0 Å². The maximum atomic E-state index is 13.4. The van der Waals surface area contributed by atoms with E-state index in [9.17, 15) is 4.39 Å². The second-order valence-corrected chi connectivity index (χ2v) is 4.45. The van der Waals surface area contributed by atoms with Crippen molar-refractivity contribution in [3.8, 4) is 22.8 Å². The summed E-state index contributed by atoms with van der Waals surface area (Å²) in [5, 5.41) is 3.85. The molecule has 1 aromatic carbocycles. The monoisotopic (exact) mass is 270 g/mol. The van der Waals surface area contributed by atoms with Gasteiger partial charge in [0.05, 0.1) is 11.3 Å². The molecule has 0 bridgehead atoms. The predicted molar refractivity (Wildman–Crippen MR) is 72.1 cm³/mol. The van der Waals surface area contributed by atoms with Crippen LogP contribution in [-0.4, -0.2) is 15.1 Å². The average molecular weight is 270 g/mol. The Labute approximate surface area is 114 Å². The predicted octanol–water partition coefficient (Wildman–Crippen LogP) is 2.83. The summed E-state index contributed by atoms with van der Waals surface area (Å²) in [6, 6.07) is 6.27. The average Bonchev–Trinajstić information content (AvgIpc) is 2.87. The lowest BCUT2D eigenvalue weighted by Gasteiger charge is -1.97. The van der Waals surface area contributed by atoms with Gasteiger partial charge in [0.2, 0.25) is 5.82 Å². The summed E-state index contributed by atoms with van der Waals surface area (Å²) in [6.45, 7) is 1.80. The van der Waals surface area contributed by atoms with Crippen LogP contribution in [0.1, 0.15) is 5.56 Å². The van der Waals surface area contributed by atoms with Crippen LogP contribution < -0.4 is 5.73 Å². The lowest BCUT2D eigenvalue weighted by molar-refractivity contribution is 0.432. The summed E-state index contributed by atoms with van der Waals surface area (Å²) < 4.78 is 18.5. The standard InChI is InChI=1S/C14H11FN4O/c1-8-2-9(4-11(15)3-8)13-18-14(20-19-13)10-5-12(16)7-17-6-10/h2-7H,16H2,1H3. The number of nitrogens with two attached hydrogens (primary N) is 1. The van der Waals surface area contributed by atoms with Crippen molar-refractivity contribution >= 4 is 5.69 Å². The van der Waals surface area contributed by atoms with E-state index in [0.717, 1.165) is 5.56 Å². The largest absolute Gasteiger partial charge is 0.397 e. The first-order valence-electron chi connectivity index (χ1n) is 5.94. The highest BCUT2D eigenvalue weighted by Crippen LogP contribution is 2.24. The maximum absolute atomic E-state index is 13.4. The van der Waals surface area contributed by atoms with Gasteiger partial charge >= 0.3 is 0 Å². The molecule has 5 nitrogen and oxygen atoms in total. The highest BCUT2D eigenvalue weighted by atomic mass is 19.1. The SMILES string of the molecule is Cc1cc(F)cc(-c2noc(-c3cncc(N)c3)n2)c1. The Hall–Kier alpha value is -2.76. The van der Waals surface area contributed by atoms with Crippen LogP contribution in [0, 0.1) is 12.7 Å². The van der Waals surface area contributed by atoms with Gasteiger partial charge in [-0.25, -0.2) is 4.39 Å². The molecule has 0 unspecified atom stereocenters. The summed E-state index contributed by atoms with van der Waals surface area (Å²) in [5.74, 6) is 0.281. The maximum Gasteiger partial charge on any atom is 0.259 e. The van der Waals surface area contributed by atoms with Crippen molar-refractivity contribution in [1.29, 1.82) is 0 Å². The summed E-state index contributed by atoms with van der Waals surface area (Å²) in [4.78, 5) is 8.19. The highest BCUT2D eigenvalue weighted by molar-refractivity contribution is 5.62. The highest BCUT2D eigenvalue weighted by Gasteiger charge is 2.12. The van der Waals surface area contributed by atoms with Crippen molar-refractivity contribution in [2.75, 3.05) is 5.73 Å². The Bertz CT molecular complexity index is 749. The van der Waals surface area contributed by atoms with Crippen molar-refractivity contribution in [2.45, 2.75) is 6.92 Å². The molecule has 0 aliphatic rings. The Balaban J connectivity index is 2.02. The third kappa shape index (κ3) is 2.35. The van der Waals surface area contributed by atoms with Crippen LogP contribution in [0.15, 0.2) is 41.2 Å². The fourth-order valence-electron chi connectivity index (χ4n) is 1.90. The Kier molecular flexibility index (Phi) is 2.90. The van der Waals surface area contributed by atoms with Gasteiger partial charge in [-0.3, -0.25) is 4.98 Å². The Morgan fingerprint density at radius 1 is 1.10 bits per heavy atom. The van der Waals surface area contributed by atoms with E-state index >= 15 is 0 Å². The molecule has 0 aliphatic carbocycles. The zero-order valence-corrected chi connectivity index (χ0v) is 10.7. The molecule has 0 amide bonds. The molecule has 6 heteroatoms. The minimum Gasteiger partial charge on any atom is -0.397 e. The number of hydrogen-bond donors (Lipinski definition) is 1. The first-order chi connectivity index (χ1) is 9.61. The van der Waals surface area contributed by atoms with Crippen molar-refractivity contribution < 1.29 is 8.91 Å². The lowest BCUT2D eigenvalue weighted by Crippen LogP contribution is -1.88. The molecular formula is C14H11FN4O. The molecule has 0 spiro atoms. The van der Waals surface area contributed by atoms with Gasteiger partial charge in [-0.05, 0) is 36.8 Å². The number of nitrogen functional groups attached to an aromatic ring is 1. The number of nitrogens with zero attached hydrogens (tertiary/aromatic N) is 3. The van der Waals surface area contributed by atoms with Crippen LogP contribution in [0.4, 0.5) is 10.1 Å². The van der Waals surface area contributed by atoms with E-state index in [1.54, 1.807) is 25.3 Å². The van der Waals surface area contributed by atoms with Gasteiger partial charge < -0.3 is 10.3 Å². The van der Waals surface area contributed by atoms with Gasteiger partial charge in [-0.15, -0.1) is 0 Å². The van der Waals surface area contributed by atoms with E-state index in [-0.39, 0.29) is 5.82 Å². The van der Waals surface area contributed by atoms with Gasteiger partial charge in [-0.2, -0.15) is 4.98 Å². The number of aryl methyl sites for hydroxylation is 1.